The predicted molar refractivity (Wildman–Crippen MR) is 70.1 cm³/mol. The van der Waals surface area contributed by atoms with Gasteiger partial charge in [-0.15, -0.1) is 0 Å². The highest BCUT2D eigenvalue weighted by Crippen LogP contribution is 2.21. The third kappa shape index (κ3) is 3.08. The van der Waals surface area contributed by atoms with Crippen molar-refractivity contribution < 1.29 is 9.84 Å². The molecule has 0 aliphatic carbocycles. The Kier molecular flexibility index (Phi) is 3.45. The van der Waals surface area contributed by atoms with Crippen LogP contribution in [0.2, 0.25) is 0 Å². The minimum atomic E-state index is 0.295. The van der Waals surface area contributed by atoms with E-state index in [2.05, 4.69) is 12.6 Å². The van der Waals surface area contributed by atoms with Gasteiger partial charge in [0.15, 0.2) is 0 Å². The molecule has 2 nitrogen and oxygen atoms in total. The summed E-state index contributed by atoms with van der Waals surface area (Å²) in [7, 11) is 0. The van der Waals surface area contributed by atoms with Gasteiger partial charge in [0.2, 0.25) is 0 Å². The van der Waals surface area contributed by atoms with Crippen LogP contribution in [-0.2, 0) is 11.3 Å². The number of aromatic hydroxyl groups is 1. The molecule has 0 fully saturated rings. The van der Waals surface area contributed by atoms with Gasteiger partial charge in [-0.1, -0.05) is 30.4 Å². The first-order chi connectivity index (χ1) is 8.15. The van der Waals surface area contributed by atoms with Gasteiger partial charge in [0.25, 0.3) is 0 Å². The third-order valence-corrected chi connectivity index (χ3v) is 2.51. The number of fused-ring (bicyclic) bond motifs is 1. The molecule has 0 aliphatic heterocycles. The van der Waals surface area contributed by atoms with Crippen LogP contribution in [0.15, 0.2) is 48.6 Å². The van der Waals surface area contributed by atoms with Gasteiger partial charge in [0.1, 0.15) is 5.75 Å². The summed E-state index contributed by atoms with van der Waals surface area (Å²) in [5.74, 6) is 0.295. The van der Waals surface area contributed by atoms with Crippen LogP contribution in [0, 0.1) is 0 Å². The van der Waals surface area contributed by atoms with E-state index in [1.165, 1.54) is 0 Å². The highest BCUT2D eigenvalue weighted by Gasteiger charge is 1.98. The lowest BCUT2D eigenvalue weighted by molar-refractivity contribution is 0.143. The second kappa shape index (κ2) is 5.02. The van der Waals surface area contributed by atoms with Gasteiger partial charge >= 0.3 is 0 Å². The number of phenols is 1. The molecule has 1 N–H and O–H groups in total. The molecule has 2 heteroatoms. The van der Waals surface area contributed by atoms with Crippen LogP contribution in [0.1, 0.15) is 12.5 Å². The zero-order valence-electron chi connectivity index (χ0n) is 9.94. The number of rotatable bonds is 4. The average molecular weight is 228 g/mol. The fourth-order valence-electron chi connectivity index (χ4n) is 1.72. The summed E-state index contributed by atoms with van der Waals surface area (Å²) in [5, 5.41) is 11.5. The van der Waals surface area contributed by atoms with Crippen LogP contribution < -0.4 is 0 Å². The Labute approximate surface area is 101 Å². The van der Waals surface area contributed by atoms with E-state index in [0.29, 0.717) is 19.0 Å². The summed E-state index contributed by atoms with van der Waals surface area (Å²) in [6.07, 6.45) is 0. The topological polar surface area (TPSA) is 29.5 Å². The van der Waals surface area contributed by atoms with E-state index < -0.39 is 0 Å². The van der Waals surface area contributed by atoms with E-state index >= 15 is 0 Å². The van der Waals surface area contributed by atoms with Gasteiger partial charge in [-0.2, -0.15) is 0 Å². The molecule has 0 radical (unpaired) electrons. The van der Waals surface area contributed by atoms with Crippen LogP contribution in [0.25, 0.3) is 10.8 Å². The van der Waals surface area contributed by atoms with Crippen molar-refractivity contribution in [1.82, 2.24) is 0 Å². The molecule has 0 bridgehead atoms. The lowest BCUT2D eigenvalue weighted by Gasteiger charge is -2.06. The Bertz CT molecular complexity index is 544. The van der Waals surface area contributed by atoms with Crippen molar-refractivity contribution in [3.8, 4) is 5.75 Å². The summed E-state index contributed by atoms with van der Waals surface area (Å²) in [4.78, 5) is 0. The van der Waals surface area contributed by atoms with Gasteiger partial charge in [-0.05, 0) is 41.5 Å². The molecule has 0 spiro atoms. The fraction of sp³-hybridized carbons (Fsp3) is 0.200. The molecular weight excluding hydrogens is 212 g/mol. The Morgan fingerprint density at radius 2 is 1.88 bits per heavy atom. The zero-order chi connectivity index (χ0) is 12.3. The Balaban J connectivity index is 2.14. The van der Waals surface area contributed by atoms with E-state index in [9.17, 15) is 5.11 Å². The summed E-state index contributed by atoms with van der Waals surface area (Å²) in [6.45, 7) is 6.92. The molecular formula is C15H16O2. The van der Waals surface area contributed by atoms with E-state index in [1.807, 2.05) is 25.1 Å². The number of phenolic OH excluding ortho intramolecular Hbond substituents is 1. The molecule has 0 amide bonds. The van der Waals surface area contributed by atoms with Crippen molar-refractivity contribution >= 4 is 10.8 Å². The standard InChI is InChI=1S/C15H16O2/c1-11(2)9-17-10-12-3-4-14-8-15(16)6-5-13(14)7-12/h3-8,16H,1,9-10H2,2H3. The van der Waals surface area contributed by atoms with E-state index in [0.717, 1.165) is 21.9 Å². The van der Waals surface area contributed by atoms with Crippen molar-refractivity contribution in [3.05, 3.63) is 54.1 Å². The Morgan fingerprint density at radius 3 is 2.65 bits per heavy atom. The first-order valence-electron chi connectivity index (χ1n) is 5.59. The van der Waals surface area contributed by atoms with Crippen LogP contribution >= 0.6 is 0 Å². The molecule has 0 atom stereocenters. The van der Waals surface area contributed by atoms with Crippen molar-refractivity contribution in [2.45, 2.75) is 13.5 Å². The second-order valence-electron chi connectivity index (χ2n) is 4.32. The monoisotopic (exact) mass is 228 g/mol. The Hall–Kier alpha value is -1.80. The van der Waals surface area contributed by atoms with Crippen LogP contribution in [0.3, 0.4) is 0 Å². The number of hydrogen-bond acceptors (Lipinski definition) is 2. The largest absolute Gasteiger partial charge is 0.508 e. The van der Waals surface area contributed by atoms with Crippen LogP contribution in [0.5, 0.6) is 5.75 Å². The average Bonchev–Trinajstić information content (AvgIpc) is 2.29. The fourth-order valence-corrected chi connectivity index (χ4v) is 1.72. The summed E-state index contributed by atoms with van der Waals surface area (Å²) in [6, 6.07) is 11.4. The van der Waals surface area contributed by atoms with Crippen molar-refractivity contribution in [2.75, 3.05) is 6.61 Å². The minimum absolute atomic E-state index is 0.295. The molecule has 88 valence electrons. The van der Waals surface area contributed by atoms with Gasteiger partial charge in [-0.25, -0.2) is 0 Å². The van der Waals surface area contributed by atoms with Crippen molar-refractivity contribution in [3.63, 3.8) is 0 Å². The zero-order valence-corrected chi connectivity index (χ0v) is 9.94. The van der Waals surface area contributed by atoms with Gasteiger partial charge < -0.3 is 9.84 Å². The lowest BCUT2D eigenvalue weighted by atomic mass is 10.1. The molecule has 2 rings (SSSR count). The predicted octanol–water partition coefficient (Wildman–Crippen LogP) is 3.64. The molecule has 0 saturated heterocycles. The third-order valence-electron chi connectivity index (χ3n) is 2.51. The number of hydrogen-bond donors (Lipinski definition) is 1. The van der Waals surface area contributed by atoms with Gasteiger partial charge in [0, 0.05) is 0 Å². The van der Waals surface area contributed by atoms with Crippen LogP contribution in [0.4, 0.5) is 0 Å². The maximum absolute atomic E-state index is 9.37. The SMILES string of the molecule is C=C(C)COCc1ccc2cc(O)ccc2c1. The van der Waals surface area contributed by atoms with Crippen molar-refractivity contribution in [2.24, 2.45) is 0 Å². The van der Waals surface area contributed by atoms with Gasteiger partial charge in [0.05, 0.1) is 13.2 Å². The molecule has 17 heavy (non-hydrogen) atoms. The van der Waals surface area contributed by atoms with E-state index in [-0.39, 0.29) is 0 Å². The van der Waals surface area contributed by atoms with E-state index in [4.69, 9.17) is 4.74 Å². The summed E-state index contributed by atoms with van der Waals surface area (Å²) >= 11 is 0. The molecule has 0 heterocycles. The number of benzene rings is 2. The van der Waals surface area contributed by atoms with Gasteiger partial charge in [-0.3, -0.25) is 0 Å². The first kappa shape index (κ1) is 11.7. The quantitative estimate of drug-likeness (QED) is 0.809. The van der Waals surface area contributed by atoms with Crippen LogP contribution in [-0.4, -0.2) is 11.7 Å². The minimum Gasteiger partial charge on any atom is -0.508 e. The summed E-state index contributed by atoms with van der Waals surface area (Å²) < 4.78 is 5.50. The molecule has 0 unspecified atom stereocenters. The highest BCUT2D eigenvalue weighted by atomic mass is 16.5. The highest BCUT2D eigenvalue weighted by molar-refractivity contribution is 5.84. The molecule has 2 aromatic rings. The van der Waals surface area contributed by atoms with E-state index in [1.54, 1.807) is 12.1 Å². The molecule has 0 saturated carbocycles. The smallest absolute Gasteiger partial charge is 0.116 e. The maximum Gasteiger partial charge on any atom is 0.116 e. The lowest BCUT2D eigenvalue weighted by Crippen LogP contribution is -1.95. The first-order valence-corrected chi connectivity index (χ1v) is 5.59. The maximum atomic E-state index is 9.37. The Morgan fingerprint density at radius 1 is 1.18 bits per heavy atom. The normalized spacial score (nSPS) is 10.6. The number of ether oxygens (including phenoxy) is 1. The second-order valence-corrected chi connectivity index (χ2v) is 4.32. The molecule has 2 aromatic carbocycles. The molecule has 0 aromatic heterocycles. The molecule has 0 aliphatic rings. The van der Waals surface area contributed by atoms with Crippen molar-refractivity contribution in [1.29, 1.82) is 0 Å². The summed E-state index contributed by atoms with van der Waals surface area (Å²) in [5.41, 5.74) is 2.15.